The largest absolute Gasteiger partial charge is 0.493 e. The Balaban J connectivity index is 1.60. The number of rotatable bonds is 7. The van der Waals surface area contributed by atoms with Gasteiger partial charge in [0, 0.05) is 12.6 Å². The molecule has 0 bridgehead atoms. The van der Waals surface area contributed by atoms with Crippen LogP contribution in [0.3, 0.4) is 0 Å². The van der Waals surface area contributed by atoms with Gasteiger partial charge < -0.3 is 14.4 Å². The van der Waals surface area contributed by atoms with Crippen molar-refractivity contribution in [3.63, 3.8) is 0 Å². The van der Waals surface area contributed by atoms with Gasteiger partial charge in [-0.1, -0.05) is 25.0 Å². The molecule has 136 valence electrons. The normalized spacial score (nSPS) is 20.7. The zero-order valence-electron chi connectivity index (χ0n) is 15.2. The number of carbonyl (C=O) groups is 1. The molecular weight excluding hydrogens is 314 g/mol. The van der Waals surface area contributed by atoms with Crippen LogP contribution in [0.2, 0.25) is 0 Å². The van der Waals surface area contributed by atoms with E-state index in [9.17, 15) is 4.79 Å². The lowest BCUT2D eigenvalue weighted by atomic mass is 9.96. The first-order valence-corrected chi connectivity index (χ1v) is 9.43. The van der Waals surface area contributed by atoms with Gasteiger partial charge in [-0.05, 0) is 55.7 Å². The van der Waals surface area contributed by atoms with E-state index in [4.69, 9.17) is 9.47 Å². The quantitative estimate of drug-likeness (QED) is 0.703. The van der Waals surface area contributed by atoms with Gasteiger partial charge in [-0.3, -0.25) is 4.79 Å². The Labute approximate surface area is 150 Å². The summed E-state index contributed by atoms with van der Waals surface area (Å²) in [4.78, 5) is 14.8. The maximum atomic E-state index is 12.7. The summed E-state index contributed by atoms with van der Waals surface area (Å²) in [6, 6.07) is 6.24. The van der Waals surface area contributed by atoms with Gasteiger partial charge in [0.15, 0.2) is 18.1 Å². The Kier molecular flexibility index (Phi) is 6.00. The molecule has 1 amide bonds. The lowest BCUT2D eigenvalue weighted by molar-refractivity contribution is -0.135. The molecule has 1 saturated carbocycles. The zero-order valence-corrected chi connectivity index (χ0v) is 15.2. The van der Waals surface area contributed by atoms with E-state index in [2.05, 4.69) is 11.5 Å². The van der Waals surface area contributed by atoms with Crippen LogP contribution in [0.5, 0.6) is 11.5 Å². The third-order valence-electron chi connectivity index (χ3n) is 5.52. The molecule has 1 aliphatic heterocycles. The van der Waals surface area contributed by atoms with Gasteiger partial charge in [-0.2, -0.15) is 0 Å². The van der Waals surface area contributed by atoms with Crippen molar-refractivity contribution in [1.29, 1.82) is 0 Å². The van der Waals surface area contributed by atoms with Crippen molar-refractivity contribution in [2.24, 2.45) is 5.92 Å². The molecule has 2 fully saturated rings. The standard InChI is InChI=1S/C21H29NO3/c1-3-7-16-11-12-19(20(14-16)24-2)25-15-21(23)22-13-6-10-18(22)17-8-4-5-9-17/h3,11-12,14,17-18H,1,4-10,13,15H2,2H3. The van der Waals surface area contributed by atoms with Gasteiger partial charge >= 0.3 is 0 Å². The summed E-state index contributed by atoms with van der Waals surface area (Å²) < 4.78 is 11.2. The molecule has 1 saturated heterocycles. The molecule has 1 aliphatic carbocycles. The number of hydrogen-bond donors (Lipinski definition) is 0. The lowest BCUT2D eigenvalue weighted by Gasteiger charge is -2.29. The summed E-state index contributed by atoms with van der Waals surface area (Å²) in [5.41, 5.74) is 1.12. The predicted molar refractivity (Wildman–Crippen MR) is 99.1 cm³/mol. The smallest absolute Gasteiger partial charge is 0.260 e. The average molecular weight is 343 g/mol. The lowest BCUT2D eigenvalue weighted by Crippen LogP contribution is -2.41. The number of amides is 1. The molecule has 25 heavy (non-hydrogen) atoms. The fourth-order valence-corrected chi connectivity index (χ4v) is 4.28. The molecule has 0 radical (unpaired) electrons. The molecule has 0 aromatic heterocycles. The minimum Gasteiger partial charge on any atom is -0.493 e. The highest BCUT2D eigenvalue weighted by atomic mass is 16.5. The van der Waals surface area contributed by atoms with Crippen LogP contribution in [0.15, 0.2) is 30.9 Å². The average Bonchev–Trinajstić information content (AvgIpc) is 3.31. The molecule has 4 heteroatoms. The summed E-state index contributed by atoms with van der Waals surface area (Å²) in [6.07, 6.45) is 10.1. The molecule has 0 spiro atoms. The number of hydrogen-bond acceptors (Lipinski definition) is 3. The molecule has 0 N–H and O–H groups in total. The fraction of sp³-hybridized carbons (Fsp3) is 0.571. The van der Waals surface area contributed by atoms with Crippen molar-refractivity contribution in [3.05, 3.63) is 36.4 Å². The van der Waals surface area contributed by atoms with Gasteiger partial charge in [0.1, 0.15) is 0 Å². The predicted octanol–water partition coefficient (Wildman–Crippen LogP) is 3.98. The Morgan fingerprint density at radius 2 is 2.04 bits per heavy atom. The van der Waals surface area contributed by atoms with Crippen molar-refractivity contribution >= 4 is 5.91 Å². The molecule has 1 unspecified atom stereocenters. The van der Waals surface area contributed by atoms with Crippen molar-refractivity contribution < 1.29 is 14.3 Å². The molecule has 4 nitrogen and oxygen atoms in total. The molecule has 1 heterocycles. The van der Waals surface area contributed by atoms with Crippen molar-refractivity contribution in [3.8, 4) is 11.5 Å². The Hall–Kier alpha value is -1.97. The first-order chi connectivity index (χ1) is 12.2. The van der Waals surface area contributed by atoms with Gasteiger partial charge in [0.05, 0.1) is 7.11 Å². The van der Waals surface area contributed by atoms with E-state index in [1.54, 1.807) is 7.11 Å². The summed E-state index contributed by atoms with van der Waals surface area (Å²) in [5.74, 6) is 2.09. The first-order valence-electron chi connectivity index (χ1n) is 9.43. The maximum absolute atomic E-state index is 12.7. The Bertz CT molecular complexity index is 607. The number of allylic oxidation sites excluding steroid dienone is 1. The van der Waals surface area contributed by atoms with E-state index >= 15 is 0 Å². The van der Waals surface area contributed by atoms with E-state index in [-0.39, 0.29) is 12.5 Å². The third-order valence-corrected chi connectivity index (χ3v) is 5.52. The topological polar surface area (TPSA) is 38.8 Å². The Morgan fingerprint density at radius 3 is 2.76 bits per heavy atom. The van der Waals surface area contributed by atoms with Crippen LogP contribution in [0.25, 0.3) is 0 Å². The van der Waals surface area contributed by atoms with Crippen LogP contribution in [0.4, 0.5) is 0 Å². The van der Waals surface area contributed by atoms with Crippen LogP contribution >= 0.6 is 0 Å². The minimum atomic E-state index is 0.0837. The zero-order chi connectivity index (χ0) is 17.6. The monoisotopic (exact) mass is 343 g/mol. The highest BCUT2D eigenvalue weighted by Gasteiger charge is 2.35. The van der Waals surface area contributed by atoms with Gasteiger partial charge in [-0.25, -0.2) is 0 Å². The van der Waals surface area contributed by atoms with E-state index in [1.165, 1.54) is 25.7 Å². The number of benzene rings is 1. The summed E-state index contributed by atoms with van der Waals surface area (Å²) in [7, 11) is 1.62. The number of likely N-dealkylation sites (tertiary alicyclic amines) is 1. The summed E-state index contributed by atoms with van der Waals surface area (Å²) >= 11 is 0. The van der Waals surface area contributed by atoms with E-state index in [0.29, 0.717) is 23.5 Å². The summed E-state index contributed by atoms with van der Waals surface area (Å²) in [6.45, 7) is 4.71. The van der Waals surface area contributed by atoms with Crippen LogP contribution in [0.1, 0.15) is 44.1 Å². The van der Waals surface area contributed by atoms with Crippen molar-refractivity contribution in [1.82, 2.24) is 4.90 Å². The van der Waals surface area contributed by atoms with Crippen LogP contribution < -0.4 is 9.47 Å². The number of ether oxygens (including phenoxy) is 2. The Morgan fingerprint density at radius 1 is 1.24 bits per heavy atom. The molecule has 2 aliphatic rings. The molecule has 1 aromatic rings. The van der Waals surface area contributed by atoms with Crippen LogP contribution in [0, 0.1) is 5.92 Å². The molecule has 3 rings (SSSR count). The highest BCUT2D eigenvalue weighted by Crippen LogP contribution is 2.35. The SMILES string of the molecule is C=CCc1ccc(OCC(=O)N2CCCC2C2CCCC2)c(OC)c1. The van der Waals surface area contributed by atoms with E-state index in [1.807, 2.05) is 24.3 Å². The first kappa shape index (κ1) is 17.8. The second-order valence-electron chi connectivity index (χ2n) is 7.11. The number of methoxy groups -OCH3 is 1. The molecular formula is C21H29NO3. The van der Waals surface area contributed by atoms with E-state index in [0.717, 1.165) is 31.4 Å². The van der Waals surface area contributed by atoms with Gasteiger partial charge in [0.25, 0.3) is 5.91 Å². The van der Waals surface area contributed by atoms with Crippen molar-refractivity contribution in [2.75, 3.05) is 20.3 Å². The molecule has 1 atom stereocenters. The van der Waals surface area contributed by atoms with Gasteiger partial charge in [-0.15, -0.1) is 6.58 Å². The third kappa shape index (κ3) is 4.17. The number of carbonyl (C=O) groups excluding carboxylic acids is 1. The number of nitrogens with zero attached hydrogens (tertiary/aromatic N) is 1. The van der Waals surface area contributed by atoms with Gasteiger partial charge in [0.2, 0.25) is 0 Å². The fourth-order valence-electron chi connectivity index (χ4n) is 4.28. The second kappa shape index (κ2) is 8.41. The van der Waals surface area contributed by atoms with Crippen LogP contribution in [-0.2, 0) is 11.2 Å². The van der Waals surface area contributed by atoms with E-state index < -0.39 is 0 Å². The molecule has 1 aromatic carbocycles. The summed E-state index contributed by atoms with van der Waals surface area (Å²) in [5, 5.41) is 0. The minimum absolute atomic E-state index is 0.0837. The van der Waals surface area contributed by atoms with Crippen LogP contribution in [-0.4, -0.2) is 37.1 Å². The second-order valence-corrected chi connectivity index (χ2v) is 7.11. The maximum Gasteiger partial charge on any atom is 0.260 e. The highest BCUT2D eigenvalue weighted by molar-refractivity contribution is 5.78. The van der Waals surface area contributed by atoms with Crippen molar-refractivity contribution in [2.45, 2.75) is 51.0 Å².